The number of piperidine rings is 1. The van der Waals surface area contributed by atoms with Crippen LogP contribution in [-0.4, -0.2) is 36.1 Å². The summed E-state index contributed by atoms with van der Waals surface area (Å²) in [6.45, 7) is 1.39. The third-order valence-corrected chi connectivity index (χ3v) is 4.34. The summed E-state index contributed by atoms with van der Waals surface area (Å²) < 4.78 is 6.57. The second kappa shape index (κ2) is 5.02. The number of ether oxygens (including phenoxy) is 1. The zero-order valence-electron chi connectivity index (χ0n) is 10.1. The number of morpholine rings is 1. The molecule has 0 N–H and O–H groups in total. The van der Waals surface area contributed by atoms with Crippen molar-refractivity contribution in [3.05, 3.63) is 34.3 Å². The van der Waals surface area contributed by atoms with Crippen molar-refractivity contribution in [3.8, 4) is 0 Å². The number of benzene rings is 1. The summed E-state index contributed by atoms with van der Waals surface area (Å²) in [6.07, 6.45) is 3.35. The summed E-state index contributed by atoms with van der Waals surface area (Å²) in [5, 5.41) is 0. The average Bonchev–Trinajstić information content (AvgIpc) is 2.38. The molecular weight excluding hydrogens is 294 g/mol. The molecule has 2 bridgehead atoms. The lowest BCUT2D eigenvalue weighted by atomic mass is 9.93. The Hall–Kier alpha value is -0.870. The van der Waals surface area contributed by atoms with E-state index in [9.17, 15) is 4.79 Å². The zero-order chi connectivity index (χ0) is 12.5. The van der Waals surface area contributed by atoms with Gasteiger partial charge in [-0.25, -0.2) is 0 Å². The molecule has 96 valence electrons. The van der Waals surface area contributed by atoms with E-state index in [2.05, 4.69) is 20.8 Å². The number of carbonyl (C=O) groups excluding carboxylic acids is 1. The Morgan fingerprint density at radius 1 is 1.17 bits per heavy atom. The Labute approximate surface area is 115 Å². The summed E-state index contributed by atoms with van der Waals surface area (Å²) in [4.78, 5) is 14.6. The first-order valence-electron chi connectivity index (χ1n) is 6.41. The molecule has 2 heterocycles. The predicted octanol–water partition coefficient (Wildman–Crippen LogP) is 2.84. The fourth-order valence-electron chi connectivity index (χ4n) is 2.91. The van der Waals surface area contributed by atoms with E-state index in [1.165, 1.54) is 6.42 Å². The molecular formula is C14H16BrNO2. The first-order chi connectivity index (χ1) is 8.75. The highest BCUT2D eigenvalue weighted by Crippen LogP contribution is 2.29. The summed E-state index contributed by atoms with van der Waals surface area (Å²) in [5.74, 6) is 0.153. The van der Waals surface area contributed by atoms with Gasteiger partial charge in [-0.15, -0.1) is 0 Å². The van der Waals surface area contributed by atoms with Crippen molar-refractivity contribution in [2.45, 2.75) is 31.3 Å². The Morgan fingerprint density at radius 3 is 2.39 bits per heavy atom. The molecule has 0 radical (unpaired) electrons. The van der Waals surface area contributed by atoms with Gasteiger partial charge in [-0.2, -0.15) is 0 Å². The Bertz CT molecular complexity index is 424. The predicted molar refractivity (Wildman–Crippen MR) is 72.6 cm³/mol. The van der Waals surface area contributed by atoms with E-state index in [0.717, 1.165) is 22.9 Å². The molecule has 1 aromatic rings. The van der Waals surface area contributed by atoms with Gasteiger partial charge in [-0.05, 0) is 43.5 Å². The lowest BCUT2D eigenvalue weighted by Gasteiger charge is -2.45. The molecule has 3 rings (SSSR count). The average molecular weight is 310 g/mol. The number of carbonyl (C=O) groups is 1. The van der Waals surface area contributed by atoms with Crippen LogP contribution >= 0.6 is 15.9 Å². The van der Waals surface area contributed by atoms with Crippen molar-refractivity contribution in [3.63, 3.8) is 0 Å². The number of nitrogens with zero attached hydrogens (tertiary/aromatic N) is 1. The number of hydrogen-bond donors (Lipinski definition) is 0. The highest BCUT2D eigenvalue weighted by molar-refractivity contribution is 9.10. The Morgan fingerprint density at radius 2 is 1.78 bits per heavy atom. The minimum atomic E-state index is 0.153. The third kappa shape index (κ3) is 2.19. The molecule has 4 heteroatoms. The first-order valence-corrected chi connectivity index (χ1v) is 7.21. The second-order valence-corrected chi connectivity index (χ2v) is 5.91. The molecule has 1 aromatic carbocycles. The number of amides is 1. The smallest absolute Gasteiger partial charge is 0.254 e. The largest absolute Gasteiger partial charge is 0.377 e. The monoisotopic (exact) mass is 309 g/mol. The summed E-state index contributed by atoms with van der Waals surface area (Å²) in [5.41, 5.74) is 0.775. The zero-order valence-corrected chi connectivity index (χ0v) is 11.7. The fourth-order valence-corrected chi connectivity index (χ4v) is 3.17. The van der Waals surface area contributed by atoms with Crippen molar-refractivity contribution < 1.29 is 9.53 Å². The molecule has 0 aromatic heterocycles. The number of hydrogen-bond acceptors (Lipinski definition) is 2. The minimum Gasteiger partial charge on any atom is -0.377 e. The quantitative estimate of drug-likeness (QED) is 0.798. The van der Waals surface area contributed by atoms with E-state index in [4.69, 9.17) is 4.74 Å². The lowest BCUT2D eigenvalue weighted by molar-refractivity contribution is -0.0565. The second-order valence-electron chi connectivity index (χ2n) is 5.00. The standard InChI is InChI=1S/C14H16BrNO2/c15-11-6-4-10(5-7-11)14(17)16-12-2-1-3-13(16)9-18-8-12/h4-7,12-13H,1-3,8-9H2. The van der Waals surface area contributed by atoms with Crippen LogP contribution < -0.4 is 0 Å². The van der Waals surface area contributed by atoms with Gasteiger partial charge in [0.1, 0.15) is 0 Å². The molecule has 0 spiro atoms. The highest BCUT2D eigenvalue weighted by Gasteiger charge is 2.37. The van der Waals surface area contributed by atoms with Crippen molar-refractivity contribution in [1.82, 2.24) is 4.90 Å². The SMILES string of the molecule is O=C(c1ccc(Br)cc1)N1C2CCCC1COC2. The van der Waals surface area contributed by atoms with Crippen LogP contribution in [-0.2, 0) is 4.74 Å². The molecule has 3 nitrogen and oxygen atoms in total. The van der Waals surface area contributed by atoms with Crippen LogP contribution in [0.5, 0.6) is 0 Å². The maximum atomic E-state index is 12.6. The van der Waals surface area contributed by atoms with Crippen LogP contribution in [0.15, 0.2) is 28.7 Å². The minimum absolute atomic E-state index is 0.153. The number of rotatable bonds is 1. The van der Waals surface area contributed by atoms with Crippen LogP contribution in [0.1, 0.15) is 29.6 Å². The van der Waals surface area contributed by atoms with E-state index >= 15 is 0 Å². The van der Waals surface area contributed by atoms with E-state index in [1.807, 2.05) is 24.3 Å². The van der Waals surface area contributed by atoms with Crippen molar-refractivity contribution >= 4 is 21.8 Å². The molecule has 0 saturated carbocycles. The maximum Gasteiger partial charge on any atom is 0.254 e. The number of halogens is 1. The van der Waals surface area contributed by atoms with Crippen LogP contribution in [0.25, 0.3) is 0 Å². The Balaban J connectivity index is 1.85. The van der Waals surface area contributed by atoms with Gasteiger partial charge >= 0.3 is 0 Å². The van der Waals surface area contributed by atoms with E-state index in [1.54, 1.807) is 0 Å². The number of fused-ring (bicyclic) bond motifs is 2. The summed E-state index contributed by atoms with van der Waals surface area (Å²) >= 11 is 3.39. The van der Waals surface area contributed by atoms with Gasteiger partial charge in [0.15, 0.2) is 0 Å². The van der Waals surface area contributed by atoms with E-state index < -0.39 is 0 Å². The molecule has 1 amide bonds. The summed E-state index contributed by atoms with van der Waals surface area (Å²) in [7, 11) is 0. The highest BCUT2D eigenvalue weighted by atomic mass is 79.9. The van der Waals surface area contributed by atoms with Crippen molar-refractivity contribution in [1.29, 1.82) is 0 Å². The molecule has 2 aliphatic rings. The fraction of sp³-hybridized carbons (Fsp3) is 0.500. The van der Waals surface area contributed by atoms with Gasteiger partial charge in [0, 0.05) is 10.0 Å². The van der Waals surface area contributed by atoms with Gasteiger partial charge in [-0.3, -0.25) is 4.79 Å². The molecule has 2 fully saturated rings. The van der Waals surface area contributed by atoms with Gasteiger partial charge in [-0.1, -0.05) is 15.9 Å². The van der Waals surface area contributed by atoms with Crippen molar-refractivity contribution in [2.24, 2.45) is 0 Å². The lowest BCUT2D eigenvalue weighted by Crippen LogP contribution is -2.57. The molecule has 2 aliphatic heterocycles. The van der Waals surface area contributed by atoms with Gasteiger partial charge < -0.3 is 9.64 Å². The summed E-state index contributed by atoms with van der Waals surface area (Å²) in [6, 6.07) is 8.16. The van der Waals surface area contributed by atoms with Gasteiger partial charge in [0.2, 0.25) is 0 Å². The van der Waals surface area contributed by atoms with E-state index in [0.29, 0.717) is 13.2 Å². The third-order valence-electron chi connectivity index (χ3n) is 3.81. The molecule has 2 atom stereocenters. The van der Waals surface area contributed by atoms with Crippen LogP contribution in [0.3, 0.4) is 0 Å². The molecule has 0 aliphatic carbocycles. The van der Waals surface area contributed by atoms with Crippen LogP contribution in [0, 0.1) is 0 Å². The van der Waals surface area contributed by atoms with E-state index in [-0.39, 0.29) is 18.0 Å². The van der Waals surface area contributed by atoms with Gasteiger partial charge in [0.05, 0.1) is 25.3 Å². The van der Waals surface area contributed by atoms with Crippen LogP contribution in [0.4, 0.5) is 0 Å². The Kier molecular flexibility index (Phi) is 3.39. The maximum absolute atomic E-state index is 12.6. The van der Waals surface area contributed by atoms with Crippen molar-refractivity contribution in [2.75, 3.05) is 13.2 Å². The molecule has 2 unspecified atom stereocenters. The first kappa shape index (κ1) is 12.2. The topological polar surface area (TPSA) is 29.5 Å². The molecule has 2 saturated heterocycles. The van der Waals surface area contributed by atoms with Crippen LogP contribution in [0.2, 0.25) is 0 Å². The molecule has 18 heavy (non-hydrogen) atoms. The normalized spacial score (nSPS) is 27.1. The van der Waals surface area contributed by atoms with Gasteiger partial charge in [0.25, 0.3) is 5.91 Å².